The van der Waals surface area contributed by atoms with Gasteiger partial charge in [0.1, 0.15) is 0 Å². The lowest BCUT2D eigenvalue weighted by Gasteiger charge is -2.22. The summed E-state index contributed by atoms with van der Waals surface area (Å²) in [6.45, 7) is 2.62. The van der Waals surface area contributed by atoms with Gasteiger partial charge in [-0.2, -0.15) is 0 Å². The van der Waals surface area contributed by atoms with Crippen molar-refractivity contribution in [2.24, 2.45) is 5.92 Å². The molecule has 1 aliphatic rings. The van der Waals surface area contributed by atoms with E-state index in [2.05, 4.69) is 5.32 Å². The molecule has 4 nitrogen and oxygen atoms in total. The van der Waals surface area contributed by atoms with Crippen LogP contribution in [0.25, 0.3) is 11.1 Å². The Morgan fingerprint density at radius 1 is 1.04 bits per heavy atom. The van der Waals surface area contributed by atoms with Crippen LogP contribution in [0.4, 0.5) is 0 Å². The molecule has 0 unspecified atom stereocenters. The Morgan fingerprint density at radius 3 is 2.50 bits per heavy atom. The highest BCUT2D eigenvalue weighted by Crippen LogP contribution is 2.27. The van der Waals surface area contributed by atoms with Crippen molar-refractivity contribution in [3.05, 3.63) is 59.2 Å². The molecule has 0 heterocycles. The molecular weight excluding hydrogens is 326 g/mol. The summed E-state index contributed by atoms with van der Waals surface area (Å²) >= 11 is 0. The molecule has 1 saturated carbocycles. The summed E-state index contributed by atoms with van der Waals surface area (Å²) in [5.41, 5.74) is 3.11. The summed E-state index contributed by atoms with van der Waals surface area (Å²) in [6.07, 6.45) is 6.17. The Morgan fingerprint density at radius 2 is 1.77 bits per heavy atom. The first-order valence-electron chi connectivity index (χ1n) is 9.28. The maximum absolute atomic E-state index is 12.7. The van der Waals surface area contributed by atoms with Crippen molar-refractivity contribution in [1.29, 1.82) is 0 Å². The van der Waals surface area contributed by atoms with E-state index in [1.54, 1.807) is 24.3 Å². The topological polar surface area (TPSA) is 66.4 Å². The second-order valence-corrected chi connectivity index (χ2v) is 7.09. The van der Waals surface area contributed by atoms with Gasteiger partial charge in [0.25, 0.3) is 5.91 Å². The number of amides is 1. The predicted molar refractivity (Wildman–Crippen MR) is 102 cm³/mol. The lowest BCUT2D eigenvalue weighted by atomic mass is 9.89. The van der Waals surface area contributed by atoms with Crippen molar-refractivity contribution in [3.8, 4) is 11.1 Å². The van der Waals surface area contributed by atoms with E-state index in [9.17, 15) is 14.7 Å². The van der Waals surface area contributed by atoms with Crippen LogP contribution in [0, 0.1) is 12.8 Å². The van der Waals surface area contributed by atoms with E-state index < -0.39 is 5.97 Å². The van der Waals surface area contributed by atoms with Gasteiger partial charge in [-0.3, -0.25) is 4.79 Å². The van der Waals surface area contributed by atoms with Crippen molar-refractivity contribution in [2.45, 2.75) is 39.0 Å². The first-order valence-corrected chi connectivity index (χ1v) is 9.28. The smallest absolute Gasteiger partial charge is 0.336 e. The quantitative estimate of drug-likeness (QED) is 0.822. The van der Waals surface area contributed by atoms with E-state index >= 15 is 0 Å². The molecule has 0 atom stereocenters. The third-order valence-electron chi connectivity index (χ3n) is 5.23. The number of carbonyl (C=O) groups excluding carboxylic acids is 1. The highest BCUT2D eigenvalue weighted by molar-refractivity contribution is 5.99. The molecule has 1 fully saturated rings. The number of carbonyl (C=O) groups is 2. The molecule has 0 radical (unpaired) electrons. The van der Waals surface area contributed by atoms with Crippen molar-refractivity contribution in [2.75, 3.05) is 6.54 Å². The zero-order valence-corrected chi connectivity index (χ0v) is 15.1. The fourth-order valence-electron chi connectivity index (χ4n) is 3.68. The molecule has 1 aliphatic carbocycles. The molecule has 26 heavy (non-hydrogen) atoms. The Bertz CT molecular complexity index is 807. The molecule has 2 N–H and O–H groups in total. The second kappa shape index (κ2) is 8.17. The van der Waals surface area contributed by atoms with Crippen LogP contribution in [0.5, 0.6) is 0 Å². The molecule has 0 saturated heterocycles. The number of carboxylic acids is 1. The standard InChI is InChI=1S/C22H25NO3/c1-15-11-12-17(18-9-5-6-10-19(18)22(25)26)13-20(15)21(24)23-14-16-7-3-2-4-8-16/h5-6,9-13,16H,2-4,7-8,14H2,1H3,(H,23,24)(H,25,26). The first kappa shape index (κ1) is 18.2. The van der Waals surface area contributed by atoms with Crippen molar-refractivity contribution in [1.82, 2.24) is 5.32 Å². The normalized spacial score (nSPS) is 14.8. The average molecular weight is 351 g/mol. The number of aryl methyl sites for hydroxylation is 1. The molecule has 136 valence electrons. The van der Waals surface area contributed by atoms with Gasteiger partial charge in [-0.1, -0.05) is 49.6 Å². The summed E-state index contributed by atoms with van der Waals surface area (Å²) in [4.78, 5) is 24.2. The lowest BCUT2D eigenvalue weighted by Crippen LogP contribution is -2.30. The van der Waals surface area contributed by atoms with Gasteiger partial charge in [0.05, 0.1) is 5.56 Å². The minimum atomic E-state index is -0.968. The van der Waals surface area contributed by atoms with Gasteiger partial charge in [-0.05, 0) is 54.5 Å². The monoisotopic (exact) mass is 351 g/mol. The molecule has 4 heteroatoms. The van der Waals surface area contributed by atoms with Crippen LogP contribution >= 0.6 is 0 Å². The maximum atomic E-state index is 12.7. The first-order chi connectivity index (χ1) is 12.6. The molecule has 0 spiro atoms. The van der Waals surface area contributed by atoms with Crippen LogP contribution in [0.2, 0.25) is 0 Å². The van der Waals surface area contributed by atoms with Crippen molar-refractivity contribution in [3.63, 3.8) is 0 Å². The van der Waals surface area contributed by atoms with E-state index in [0.717, 1.165) is 11.1 Å². The minimum Gasteiger partial charge on any atom is -0.478 e. The zero-order chi connectivity index (χ0) is 18.5. The second-order valence-electron chi connectivity index (χ2n) is 7.09. The highest BCUT2D eigenvalue weighted by Gasteiger charge is 2.17. The van der Waals surface area contributed by atoms with Gasteiger partial charge < -0.3 is 10.4 Å². The van der Waals surface area contributed by atoms with E-state index in [0.29, 0.717) is 23.6 Å². The summed E-state index contributed by atoms with van der Waals surface area (Å²) in [5, 5.41) is 12.5. The largest absolute Gasteiger partial charge is 0.478 e. The van der Waals surface area contributed by atoms with Gasteiger partial charge in [0.15, 0.2) is 0 Å². The Hall–Kier alpha value is -2.62. The minimum absolute atomic E-state index is 0.0808. The van der Waals surface area contributed by atoms with Crippen LogP contribution in [0.1, 0.15) is 58.4 Å². The number of nitrogens with one attached hydrogen (secondary N) is 1. The van der Waals surface area contributed by atoms with Crippen LogP contribution < -0.4 is 5.32 Å². The van der Waals surface area contributed by atoms with E-state index in [-0.39, 0.29) is 11.5 Å². The number of hydrogen-bond donors (Lipinski definition) is 2. The number of aromatic carboxylic acids is 1. The fraction of sp³-hybridized carbons (Fsp3) is 0.364. The number of hydrogen-bond acceptors (Lipinski definition) is 2. The molecular formula is C22H25NO3. The van der Waals surface area contributed by atoms with Crippen molar-refractivity contribution < 1.29 is 14.7 Å². The van der Waals surface area contributed by atoms with Crippen LogP contribution in [0.15, 0.2) is 42.5 Å². The van der Waals surface area contributed by atoms with E-state index in [1.807, 2.05) is 25.1 Å². The lowest BCUT2D eigenvalue weighted by molar-refractivity contribution is 0.0697. The highest BCUT2D eigenvalue weighted by atomic mass is 16.4. The Kier molecular flexibility index (Phi) is 5.71. The maximum Gasteiger partial charge on any atom is 0.336 e. The Labute approximate surface area is 154 Å². The van der Waals surface area contributed by atoms with Gasteiger partial charge in [0.2, 0.25) is 0 Å². The average Bonchev–Trinajstić information content (AvgIpc) is 2.67. The Balaban J connectivity index is 1.81. The van der Waals surface area contributed by atoms with E-state index in [4.69, 9.17) is 0 Å². The number of benzene rings is 2. The molecule has 1 amide bonds. The summed E-state index contributed by atoms with van der Waals surface area (Å²) in [6, 6.07) is 12.4. The molecule has 2 aromatic rings. The van der Waals surface area contributed by atoms with Gasteiger partial charge in [-0.15, -0.1) is 0 Å². The third kappa shape index (κ3) is 4.13. The molecule has 0 aromatic heterocycles. The summed E-state index contributed by atoms with van der Waals surface area (Å²) in [5.74, 6) is -0.476. The SMILES string of the molecule is Cc1ccc(-c2ccccc2C(=O)O)cc1C(=O)NCC1CCCCC1. The van der Waals surface area contributed by atoms with Gasteiger partial charge in [-0.25, -0.2) is 4.79 Å². The predicted octanol–water partition coefficient (Wildman–Crippen LogP) is 4.67. The van der Waals surface area contributed by atoms with Crippen LogP contribution in [-0.2, 0) is 0 Å². The number of carboxylic acid groups (broad SMARTS) is 1. The van der Waals surface area contributed by atoms with Crippen LogP contribution in [0.3, 0.4) is 0 Å². The fourth-order valence-corrected chi connectivity index (χ4v) is 3.68. The molecule has 0 bridgehead atoms. The summed E-state index contributed by atoms with van der Waals surface area (Å²) in [7, 11) is 0. The third-order valence-corrected chi connectivity index (χ3v) is 5.23. The summed E-state index contributed by atoms with van der Waals surface area (Å²) < 4.78 is 0. The number of rotatable bonds is 5. The van der Waals surface area contributed by atoms with Gasteiger partial charge >= 0.3 is 5.97 Å². The molecule has 2 aromatic carbocycles. The molecule has 0 aliphatic heterocycles. The van der Waals surface area contributed by atoms with Crippen LogP contribution in [-0.4, -0.2) is 23.5 Å². The van der Waals surface area contributed by atoms with Gasteiger partial charge in [0, 0.05) is 12.1 Å². The molecule has 3 rings (SSSR count). The van der Waals surface area contributed by atoms with E-state index in [1.165, 1.54) is 32.1 Å². The zero-order valence-electron chi connectivity index (χ0n) is 15.1. The van der Waals surface area contributed by atoms with Crippen molar-refractivity contribution >= 4 is 11.9 Å².